The van der Waals surface area contributed by atoms with Crippen molar-refractivity contribution in [2.24, 2.45) is 0 Å². The number of piperidine rings is 1. The van der Waals surface area contributed by atoms with Crippen LogP contribution in [0.25, 0.3) is 0 Å². The molecule has 0 N–H and O–H groups in total. The van der Waals surface area contributed by atoms with Crippen molar-refractivity contribution in [1.29, 1.82) is 0 Å². The molecule has 3 aromatic carbocycles. The number of rotatable bonds is 6. The zero-order valence-corrected chi connectivity index (χ0v) is 19.5. The Labute approximate surface area is 197 Å². The highest BCUT2D eigenvalue weighted by molar-refractivity contribution is 7.90. The number of amides is 1. The largest absolute Gasteiger partial charge is 0.487 e. The molecule has 34 heavy (non-hydrogen) atoms. The van der Waals surface area contributed by atoms with Crippen molar-refractivity contribution >= 4 is 15.7 Å². The number of carbonyl (C=O) groups is 1. The van der Waals surface area contributed by atoms with Crippen molar-refractivity contribution in [3.63, 3.8) is 0 Å². The molecule has 1 aliphatic rings. The van der Waals surface area contributed by atoms with Gasteiger partial charge < -0.3 is 9.64 Å². The SMILES string of the molecule is Cc1ccc(S(=O)(=O)Cc2ccc(C(=O)N3CCC(Oc4ccc(F)cc4F)CC3)cc2)cc1. The molecule has 1 amide bonds. The molecule has 1 heterocycles. The number of carbonyl (C=O) groups excluding carboxylic acids is 1. The average Bonchev–Trinajstić information content (AvgIpc) is 2.81. The zero-order valence-electron chi connectivity index (χ0n) is 18.7. The molecule has 0 aliphatic carbocycles. The molecule has 1 fully saturated rings. The van der Waals surface area contributed by atoms with Gasteiger partial charge in [-0.1, -0.05) is 29.8 Å². The van der Waals surface area contributed by atoms with Gasteiger partial charge in [-0.3, -0.25) is 4.79 Å². The fourth-order valence-electron chi connectivity index (χ4n) is 3.90. The predicted molar refractivity (Wildman–Crippen MR) is 124 cm³/mol. The van der Waals surface area contributed by atoms with E-state index in [1.165, 1.54) is 6.07 Å². The van der Waals surface area contributed by atoms with E-state index in [0.29, 0.717) is 37.1 Å². The lowest BCUT2D eigenvalue weighted by atomic mass is 10.1. The van der Waals surface area contributed by atoms with Crippen molar-refractivity contribution in [2.45, 2.75) is 36.5 Å². The van der Waals surface area contributed by atoms with Crippen LogP contribution >= 0.6 is 0 Å². The maximum atomic E-state index is 13.8. The van der Waals surface area contributed by atoms with Crippen LogP contribution in [0.1, 0.15) is 34.3 Å². The molecule has 0 aromatic heterocycles. The van der Waals surface area contributed by atoms with Crippen LogP contribution in [0.5, 0.6) is 5.75 Å². The quantitative estimate of drug-likeness (QED) is 0.497. The van der Waals surface area contributed by atoms with E-state index in [1.807, 2.05) is 6.92 Å². The van der Waals surface area contributed by atoms with Crippen molar-refractivity contribution in [1.82, 2.24) is 4.90 Å². The molecule has 1 saturated heterocycles. The Morgan fingerprint density at radius 3 is 2.24 bits per heavy atom. The van der Waals surface area contributed by atoms with Crippen molar-refractivity contribution in [2.75, 3.05) is 13.1 Å². The van der Waals surface area contributed by atoms with Crippen LogP contribution in [0.4, 0.5) is 8.78 Å². The molecular formula is C26H25F2NO4S. The minimum atomic E-state index is -3.48. The van der Waals surface area contributed by atoms with Crippen molar-refractivity contribution in [3.8, 4) is 5.75 Å². The minimum Gasteiger partial charge on any atom is -0.487 e. The maximum absolute atomic E-state index is 13.8. The first kappa shape index (κ1) is 23.9. The van der Waals surface area contributed by atoms with Gasteiger partial charge in [-0.05, 0) is 48.9 Å². The minimum absolute atomic E-state index is 0.00218. The summed E-state index contributed by atoms with van der Waals surface area (Å²) in [6, 6.07) is 16.5. The second kappa shape index (κ2) is 9.93. The summed E-state index contributed by atoms with van der Waals surface area (Å²) in [6.07, 6.45) is 0.781. The molecule has 1 aliphatic heterocycles. The van der Waals surface area contributed by atoms with Crippen molar-refractivity contribution < 1.29 is 26.7 Å². The number of hydrogen-bond acceptors (Lipinski definition) is 4. The number of ether oxygens (including phenoxy) is 1. The number of sulfone groups is 1. The van der Waals surface area contributed by atoms with Crippen molar-refractivity contribution in [3.05, 3.63) is 95.1 Å². The first-order valence-corrected chi connectivity index (χ1v) is 12.7. The van der Waals surface area contributed by atoms with Gasteiger partial charge in [-0.15, -0.1) is 0 Å². The molecule has 0 unspecified atom stereocenters. The number of likely N-dealkylation sites (tertiary alicyclic amines) is 1. The summed E-state index contributed by atoms with van der Waals surface area (Å²) in [7, 11) is -3.48. The van der Waals surface area contributed by atoms with Crippen LogP contribution in [0.2, 0.25) is 0 Å². The number of hydrogen-bond donors (Lipinski definition) is 0. The summed E-state index contributed by atoms with van der Waals surface area (Å²) in [5, 5.41) is 0. The second-order valence-electron chi connectivity index (χ2n) is 8.45. The monoisotopic (exact) mass is 485 g/mol. The normalized spacial score (nSPS) is 14.7. The number of benzene rings is 3. The van der Waals surface area contributed by atoms with Gasteiger partial charge in [0.1, 0.15) is 11.9 Å². The summed E-state index contributed by atoms with van der Waals surface area (Å²) in [5.41, 5.74) is 2.06. The van der Waals surface area contributed by atoms with E-state index in [9.17, 15) is 22.0 Å². The summed E-state index contributed by atoms with van der Waals surface area (Å²) in [5.74, 6) is -1.71. The van der Waals surface area contributed by atoms with Gasteiger partial charge in [0.05, 0.1) is 10.6 Å². The lowest BCUT2D eigenvalue weighted by molar-refractivity contribution is 0.0588. The molecule has 8 heteroatoms. The van der Waals surface area contributed by atoms with E-state index < -0.39 is 21.5 Å². The smallest absolute Gasteiger partial charge is 0.253 e. The Hall–Kier alpha value is -3.26. The third kappa shape index (κ3) is 5.62. The first-order chi connectivity index (χ1) is 16.2. The number of nitrogens with zero attached hydrogens (tertiary/aromatic N) is 1. The third-order valence-electron chi connectivity index (χ3n) is 5.85. The van der Waals surface area contributed by atoms with Crippen LogP contribution in [0, 0.1) is 18.6 Å². The Morgan fingerprint density at radius 2 is 1.62 bits per heavy atom. The average molecular weight is 486 g/mol. The predicted octanol–water partition coefficient (Wildman–Crippen LogP) is 4.93. The van der Waals surface area contributed by atoms with Gasteiger partial charge in [0.25, 0.3) is 5.91 Å². The molecule has 5 nitrogen and oxygen atoms in total. The summed E-state index contributed by atoms with van der Waals surface area (Å²) < 4.78 is 57.8. The molecule has 0 spiro atoms. The van der Waals surface area contributed by atoms with E-state index in [2.05, 4.69) is 0 Å². The number of aryl methyl sites for hydroxylation is 1. The zero-order chi connectivity index (χ0) is 24.3. The first-order valence-electron chi connectivity index (χ1n) is 11.0. The molecular weight excluding hydrogens is 460 g/mol. The Kier molecular flexibility index (Phi) is 6.97. The van der Waals surface area contributed by atoms with Crippen LogP contribution in [0.15, 0.2) is 71.6 Å². The molecule has 0 atom stereocenters. The lowest BCUT2D eigenvalue weighted by Gasteiger charge is -2.32. The van der Waals surface area contributed by atoms with E-state index in [0.717, 1.165) is 17.7 Å². The highest BCUT2D eigenvalue weighted by Gasteiger charge is 2.25. The topological polar surface area (TPSA) is 63.7 Å². The van der Waals surface area contributed by atoms with E-state index in [4.69, 9.17) is 4.74 Å². The Morgan fingerprint density at radius 1 is 0.971 bits per heavy atom. The standard InChI is InChI=1S/C26H25F2NO4S/c1-18-2-9-23(10-3-18)34(31,32)17-19-4-6-20(7-5-19)26(30)29-14-12-22(13-15-29)33-25-11-8-21(27)16-24(25)28/h2-11,16,22H,12-15,17H2,1H3. The van der Waals surface area contributed by atoms with Crippen LogP contribution in [-0.2, 0) is 15.6 Å². The van der Waals surface area contributed by atoms with Gasteiger partial charge in [-0.25, -0.2) is 17.2 Å². The molecule has 0 bridgehead atoms. The van der Waals surface area contributed by atoms with E-state index in [1.54, 1.807) is 53.4 Å². The molecule has 0 radical (unpaired) electrons. The second-order valence-corrected chi connectivity index (χ2v) is 10.4. The van der Waals surface area contributed by atoms with Gasteiger partial charge in [0.15, 0.2) is 21.4 Å². The van der Waals surface area contributed by atoms with E-state index in [-0.39, 0.29) is 28.4 Å². The Bertz CT molecular complexity index is 1270. The molecule has 4 rings (SSSR count). The summed E-state index contributed by atoms with van der Waals surface area (Å²) in [4.78, 5) is 14.8. The van der Waals surface area contributed by atoms with E-state index >= 15 is 0 Å². The molecule has 178 valence electrons. The van der Waals surface area contributed by atoms with Crippen LogP contribution in [0.3, 0.4) is 0 Å². The maximum Gasteiger partial charge on any atom is 0.253 e. The Balaban J connectivity index is 1.33. The molecule has 0 saturated carbocycles. The van der Waals surface area contributed by atoms with Gasteiger partial charge in [-0.2, -0.15) is 0 Å². The highest BCUT2D eigenvalue weighted by atomic mass is 32.2. The fourth-order valence-corrected chi connectivity index (χ4v) is 5.25. The summed E-state index contributed by atoms with van der Waals surface area (Å²) in [6.45, 7) is 2.78. The van der Waals surface area contributed by atoms with Gasteiger partial charge >= 0.3 is 0 Å². The lowest BCUT2D eigenvalue weighted by Crippen LogP contribution is -2.41. The number of halogens is 2. The fraction of sp³-hybridized carbons (Fsp3) is 0.269. The van der Waals surface area contributed by atoms with Crippen LogP contribution in [-0.4, -0.2) is 38.4 Å². The van der Waals surface area contributed by atoms with Gasteiger partial charge in [0, 0.05) is 37.6 Å². The molecule has 3 aromatic rings. The van der Waals surface area contributed by atoms with Crippen LogP contribution < -0.4 is 4.74 Å². The third-order valence-corrected chi connectivity index (χ3v) is 7.56. The summed E-state index contributed by atoms with van der Waals surface area (Å²) >= 11 is 0. The highest BCUT2D eigenvalue weighted by Crippen LogP contribution is 2.24. The van der Waals surface area contributed by atoms with Gasteiger partial charge in [0.2, 0.25) is 0 Å².